The molecule has 2 rings (SSSR count). The van der Waals surface area contributed by atoms with Crippen LogP contribution in [0.1, 0.15) is 12.8 Å². The Morgan fingerprint density at radius 3 is 3.44 bits per heavy atom. The first kappa shape index (κ1) is 5.42. The lowest BCUT2D eigenvalue weighted by Crippen LogP contribution is -2.31. The maximum Gasteiger partial charge on any atom is 0.0429 e. The molecule has 0 aromatic rings. The van der Waals surface area contributed by atoms with Crippen molar-refractivity contribution in [2.75, 3.05) is 13.1 Å². The quantitative estimate of drug-likeness (QED) is 0.498. The lowest BCUT2D eigenvalue weighted by molar-refractivity contribution is 0.455. The predicted octanol–water partition coefficient (Wildman–Crippen LogP) is 0.439. The second-order valence-electron chi connectivity index (χ2n) is 2.89. The standard InChI is InChI=1S/C7H12N2/c1-4-9-7-2-3-8-5-6(1)7/h3,6-7,9H,1-2,4-5H2. The molecule has 1 saturated heterocycles. The smallest absolute Gasteiger partial charge is 0.0429 e. The molecule has 1 fully saturated rings. The van der Waals surface area contributed by atoms with E-state index in [9.17, 15) is 0 Å². The van der Waals surface area contributed by atoms with Crippen LogP contribution < -0.4 is 5.32 Å². The molecule has 0 spiro atoms. The van der Waals surface area contributed by atoms with Crippen LogP contribution in [0.4, 0.5) is 0 Å². The van der Waals surface area contributed by atoms with Gasteiger partial charge in [0.15, 0.2) is 0 Å². The van der Waals surface area contributed by atoms with Gasteiger partial charge < -0.3 is 5.32 Å². The van der Waals surface area contributed by atoms with E-state index in [0.717, 1.165) is 24.9 Å². The van der Waals surface area contributed by atoms with Crippen molar-refractivity contribution in [3.8, 4) is 0 Å². The van der Waals surface area contributed by atoms with Crippen LogP contribution in [0.5, 0.6) is 0 Å². The van der Waals surface area contributed by atoms with Crippen LogP contribution in [0.2, 0.25) is 0 Å². The molecule has 1 N–H and O–H groups in total. The first-order valence-electron chi connectivity index (χ1n) is 3.68. The average Bonchev–Trinajstić information content (AvgIpc) is 2.33. The van der Waals surface area contributed by atoms with Crippen molar-refractivity contribution in [2.24, 2.45) is 10.9 Å². The third-order valence-corrected chi connectivity index (χ3v) is 2.32. The van der Waals surface area contributed by atoms with E-state index >= 15 is 0 Å². The van der Waals surface area contributed by atoms with E-state index in [-0.39, 0.29) is 0 Å². The summed E-state index contributed by atoms with van der Waals surface area (Å²) in [7, 11) is 0. The van der Waals surface area contributed by atoms with E-state index in [1.165, 1.54) is 13.0 Å². The summed E-state index contributed by atoms with van der Waals surface area (Å²) in [5.41, 5.74) is 0. The van der Waals surface area contributed by atoms with Crippen molar-refractivity contribution in [1.82, 2.24) is 5.32 Å². The van der Waals surface area contributed by atoms with Gasteiger partial charge in [0.2, 0.25) is 0 Å². The second kappa shape index (κ2) is 2.10. The molecule has 0 aliphatic carbocycles. The van der Waals surface area contributed by atoms with E-state index in [4.69, 9.17) is 0 Å². The summed E-state index contributed by atoms with van der Waals surface area (Å²) in [5, 5.41) is 3.47. The summed E-state index contributed by atoms with van der Waals surface area (Å²) in [4.78, 5) is 4.25. The van der Waals surface area contributed by atoms with Gasteiger partial charge in [-0.1, -0.05) is 0 Å². The van der Waals surface area contributed by atoms with Gasteiger partial charge in [-0.15, -0.1) is 0 Å². The summed E-state index contributed by atoms with van der Waals surface area (Å²) in [6, 6.07) is 0.766. The largest absolute Gasteiger partial charge is 0.313 e. The van der Waals surface area contributed by atoms with Crippen molar-refractivity contribution in [1.29, 1.82) is 0 Å². The van der Waals surface area contributed by atoms with E-state index in [2.05, 4.69) is 16.5 Å². The maximum absolute atomic E-state index is 4.25. The Kier molecular flexibility index (Phi) is 1.27. The summed E-state index contributed by atoms with van der Waals surface area (Å²) < 4.78 is 0. The van der Waals surface area contributed by atoms with Crippen LogP contribution >= 0.6 is 0 Å². The topological polar surface area (TPSA) is 24.4 Å². The second-order valence-corrected chi connectivity index (χ2v) is 2.89. The number of nitrogens with one attached hydrogen (secondary N) is 1. The molecule has 9 heavy (non-hydrogen) atoms. The fourth-order valence-corrected chi connectivity index (χ4v) is 1.71. The third kappa shape index (κ3) is 0.874. The van der Waals surface area contributed by atoms with Gasteiger partial charge in [0.25, 0.3) is 0 Å². The van der Waals surface area contributed by atoms with Gasteiger partial charge in [-0.05, 0) is 25.3 Å². The summed E-state index contributed by atoms with van der Waals surface area (Å²) >= 11 is 0. The van der Waals surface area contributed by atoms with Gasteiger partial charge in [0, 0.05) is 18.8 Å². The fourth-order valence-electron chi connectivity index (χ4n) is 1.71. The highest BCUT2D eigenvalue weighted by Gasteiger charge is 2.27. The molecule has 2 atom stereocenters. The van der Waals surface area contributed by atoms with E-state index in [1.54, 1.807) is 0 Å². The number of rotatable bonds is 0. The Balaban J connectivity index is 2.07. The summed E-state index contributed by atoms with van der Waals surface area (Å²) in [5.74, 6) is 0.856. The fraction of sp³-hybridized carbons (Fsp3) is 0.857. The van der Waals surface area contributed by atoms with Crippen molar-refractivity contribution in [2.45, 2.75) is 18.9 Å². The Labute approximate surface area is 55.4 Å². The molecule has 0 aromatic heterocycles. The number of hydrogen-bond acceptors (Lipinski definition) is 2. The molecule has 0 saturated carbocycles. The highest BCUT2D eigenvalue weighted by Crippen LogP contribution is 2.20. The van der Waals surface area contributed by atoms with Gasteiger partial charge >= 0.3 is 0 Å². The molecular weight excluding hydrogens is 112 g/mol. The predicted molar refractivity (Wildman–Crippen MR) is 37.9 cm³/mol. The van der Waals surface area contributed by atoms with Gasteiger partial charge in [-0.3, -0.25) is 4.99 Å². The Morgan fingerprint density at radius 1 is 1.56 bits per heavy atom. The molecule has 2 nitrogen and oxygen atoms in total. The molecule has 2 unspecified atom stereocenters. The minimum atomic E-state index is 0.766. The van der Waals surface area contributed by atoms with Crippen molar-refractivity contribution in [3.05, 3.63) is 0 Å². The van der Waals surface area contributed by atoms with Crippen LogP contribution in [0.15, 0.2) is 4.99 Å². The number of hydrogen-bond donors (Lipinski definition) is 1. The molecule has 2 aliphatic heterocycles. The zero-order chi connectivity index (χ0) is 6.10. The molecule has 2 heterocycles. The van der Waals surface area contributed by atoms with Crippen LogP contribution in [0.3, 0.4) is 0 Å². The highest BCUT2D eigenvalue weighted by atomic mass is 15.0. The molecule has 2 heteroatoms. The minimum absolute atomic E-state index is 0.766. The Hall–Kier alpha value is -0.370. The van der Waals surface area contributed by atoms with Gasteiger partial charge in [-0.2, -0.15) is 0 Å². The number of fused-ring (bicyclic) bond motifs is 1. The Bertz CT molecular complexity index is 117. The summed E-state index contributed by atoms with van der Waals surface area (Å²) in [6.45, 7) is 2.27. The SMILES string of the molecule is C1=NCC2CCNC2C1. The molecule has 2 aliphatic rings. The highest BCUT2D eigenvalue weighted by molar-refractivity contribution is 5.59. The zero-order valence-electron chi connectivity index (χ0n) is 5.51. The molecule has 0 amide bonds. The maximum atomic E-state index is 4.25. The minimum Gasteiger partial charge on any atom is -0.313 e. The van der Waals surface area contributed by atoms with Crippen molar-refractivity contribution < 1.29 is 0 Å². The van der Waals surface area contributed by atoms with Gasteiger partial charge in [0.1, 0.15) is 0 Å². The molecular formula is C7H12N2. The first-order chi connectivity index (χ1) is 4.47. The van der Waals surface area contributed by atoms with Crippen molar-refractivity contribution in [3.63, 3.8) is 0 Å². The van der Waals surface area contributed by atoms with Crippen LogP contribution in [-0.2, 0) is 0 Å². The number of aliphatic imine (C=N–C) groups is 1. The van der Waals surface area contributed by atoms with Crippen LogP contribution in [0.25, 0.3) is 0 Å². The molecule has 50 valence electrons. The Morgan fingerprint density at radius 2 is 2.56 bits per heavy atom. The zero-order valence-corrected chi connectivity index (χ0v) is 5.51. The van der Waals surface area contributed by atoms with E-state index in [0.29, 0.717) is 0 Å². The van der Waals surface area contributed by atoms with E-state index < -0.39 is 0 Å². The van der Waals surface area contributed by atoms with E-state index in [1.807, 2.05) is 0 Å². The molecule has 0 radical (unpaired) electrons. The van der Waals surface area contributed by atoms with Crippen LogP contribution in [-0.4, -0.2) is 25.3 Å². The number of nitrogens with zero attached hydrogens (tertiary/aromatic N) is 1. The van der Waals surface area contributed by atoms with Gasteiger partial charge in [0.05, 0.1) is 0 Å². The monoisotopic (exact) mass is 124 g/mol. The average molecular weight is 124 g/mol. The van der Waals surface area contributed by atoms with Gasteiger partial charge in [-0.25, -0.2) is 0 Å². The first-order valence-corrected chi connectivity index (χ1v) is 3.68. The van der Waals surface area contributed by atoms with Crippen LogP contribution in [0, 0.1) is 5.92 Å². The molecule has 0 bridgehead atoms. The van der Waals surface area contributed by atoms with Crippen molar-refractivity contribution >= 4 is 6.21 Å². The molecule has 0 aromatic carbocycles. The summed E-state index contributed by atoms with van der Waals surface area (Å²) in [6.07, 6.45) is 4.55. The third-order valence-electron chi connectivity index (χ3n) is 2.32. The lowest BCUT2D eigenvalue weighted by atomic mass is 9.97. The lowest BCUT2D eigenvalue weighted by Gasteiger charge is -2.19. The normalized spacial score (nSPS) is 40.9.